The number of carbonyl (C=O) groups is 1. The maximum Gasteiger partial charge on any atom is 0.239 e. The molecular formula is C22H31N5OS. The highest BCUT2D eigenvalue weighted by molar-refractivity contribution is 7.10. The summed E-state index contributed by atoms with van der Waals surface area (Å²) in [4.78, 5) is 20.3. The molecule has 156 valence electrons. The zero-order valence-corrected chi connectivity index (χ0v) is 18.0. The average Bonchev–Trinajstić information content (AvgIpc) is 3.27. The molecule has 1 saturated heterocycles. The maximum absolute atomic E-state index is 12.1. The van der Waals surface area contributed by atoms with Gasteiger partial charge < -0.3 is 16.0 Å². The fraction of sp³-hybridized carbons (Fsp3) is 0.455. The minimum absolute atomic E-state index is 0.0503. The van der Waals surface area contributed by atoms with Crippen LogP contribution in [-0.2, 0) is 11.3 Å². The number of hydrogen-bond acceptors (Lipinski definition) is 4. The third-order valence-corrected chi connectivity index (χ3v) is 6.29. The number of benzene rings is 1. The van der Waals surface area contributed by atoms with Gasteiger partial charge in [0.05, 0.1) is 6.54 Å². The van der Waals surface area contributed by atoms with Gasteiger partial charge in [-0.15, -0.1) is 11.3 Å². The topological polar surface area (TPSA) is 68.8 Å². The highest BCUT2D eigenvalue weighted by Gasteiger charge is 2.31. The molecule has 2 heterocycles. The third-order valence-electron chi connectivity index (χ3n) is 5.35. The first-order valence-corrected chi connectivity index (χ1v) is 11.0. The number of hydrogen-bond donors (Lipinski definition) is 3. The zero-order valence-electron chi connectivity index (χ0n) is 17.2. The van der Waals surface area contributed by atoms with Crippen LogP contribution in [0.25, 0.3) is 0 Å². The number of nitrogens with one attached hydrogen (secondary N) is 3. The Hall–Kier alpha value is -2.38. The molecule has 1 amide bonds. The van der Waals surface area contributed by atoms with Gasteiger partial charge in [0.1, 0.15) is 0 Å². The highest BCUT2D eigenvalue weighted by atomic mass is 32.1. The van der Waals surface area contributed by atoms with Gasteiger partial charge in [0.15, 0.2) is 5.96 Å². The predicted octanol–water partition coefficient (Wildman–Crippen LogP) is 2.61. The van der Waals surface area contributed by atoms with E-state index in [2.05, 4.69) is 50.4 Å². The van der Waals surface area contributed by atoms with E-state index >= 15 is 0 Å². The summed E-state index contributed by atoms with van der Waals surface area (Å²) in [7, 11) is 3.95. The molecule has 2 atom stereocenters. The number of thiophene rings is 1. The quantitative estimate of drug-likeness (QED) is 0.482. The summed E-state index contributed by atoms with van der Waals surface area (Å²) in [6.45, 7) is 2.70. The van der Waals surface area contributed by atoms with Crippen LogP contribution >= 0.6 is 11.3 Å². The van der Waals surface area contributed by atoms with Gasteiger partial charge >= 0.3 is 0 Å². The van der Waals surface area contributed by atoms with Gasteiger partial charge in [-0.2, -0.15) is 0 Å². The molecule has 1 aromatic heterocycles. The van der Waals surface area contributed by atoms with Crippen molar-refractivity contribution in [2.45, 2.75) is 25.4 Å². The van der Waals surface area contributed by atoms with E-state index in [-0.39, 0.29) is 12.5 Å². The molecule has 3 N–H and O–H groups in total. The van der Waals surface area contributed by atoms with E-state index in [1.54, 1.807) is 7.05 Å². The summed E-state index contributed by atoms with van der Waals surface area (Å²) in [5.41, 5.74) is 1.09. The van der Waals surface area contributed by atoms with Crippen molar-refractivity contribution in [2.75, 3.05) is 33.7 Å². The van der Waals surface area contributed by atoms with E-state index in [0.29, 0.717) is 24.5 Å². The summed E-state index contributed by atoms with van der Waals surface area (Å²) in [6, 6.07) is 14.7. The smallest absolute Gasteiger partial charge is 0.239 e. The van der Waals surface area contributed by atoms with E-state index in [1.165, 1.54) is 17.7 Å². The van der Waals surface area contributed by atoms with E-state index in [4.69, 9.17) is 0 Å². The second-order valence-electron chi connectivity index (χ2n) is 7.41. The fourth-order valence-corrected chi connectivity index (χ4v) is 4.84. The molecule has 1 aliphatic heterocycles. The fourth-order valence-electron chi connectivity index (χ4n) is 3.85. The number of aliphatic imine (C=N–C) groups is 1. The second-order valence-corrected chi connectivity index (χ2v) is 8.39. The van der Waals surface area contributed by atoms with E-state index in [0.717, 1.165) is 18.7 Å². The summed E-state index contributed by atoms with van der Waals surface area (Å²) in [6.07, 6.45) is 2.40. The first-order chi connectivity index (χ1) is 14.2. The Bertz CT molecular complexity index is 778. The van der Waals surface area contributed by atoms with Crippen LogP contribution in [0.4, 0.5) is 0 Å². The molecule has 0 radical (unpaired) electrons. The molecule has 6 nitrogen and oxygen atoms in total. The Morgan fingerprint density at radius 3 is 2.72 bits per heavy atom. The average molecular weight is 414 g/mol. The number of likely N-dealkylation sites (tertiary alicyclic amines) is 1. The van der Waals surface area contributed by atoms with Gasteiger partial charge in [-0.25, -0.2) is 0 Å². The maximum atomic E-state index is 12.1. The third kappa shape index (κ3) is 6.30. The van der Waals surface area contributed by atoms with Gasteiger partial charge in [0.25, 0.3) is 0 Å². The molecular weight excluding hydrogens is 382 g/mol. The first-order valence-electron chi connectivity index (χ1n) is 10.2. The van der Waals surface area contributed by atoms with Crippen molar-refractivity contribution in [1.82, 2.24) is 20.9 Å². The minimum atomic E-state index is -0.0503. The van der Waals surface area contributed by atoms with Crippen molar-refractivity contribution in [3.05, 3.63) is 58.3 Å². The van der Waals surface area contributed by atoms with Crippen LogP contribution in [0.2, 0.25) is 0 Å². The highest BCUT2D eigenvalue weighted by Crippen LogP contribution is 2.36. The van der Waals surface area contributed by atoms with Crippen LogP contribution in [0.3, 0.4) is 0 Å². The molecule has 0 spiro atoms. The van der Waals surface area contributed by atoms with E-state index in [9.17, 15) is 4.79 Å². The largest absolute Gasteiger partial charge is 0.356 e. The molecule has 0 saturated carbocycles. The van der Waals surface area contributed by atoms with Crippen LogP contribution in [0.15, 0.2) is 52.8 Å². The van der Waals surface area contributed by atoms with Crippen molar-refractivity contribution in [3.8, 4) is 0 Å². The Balaban J connectivity index is 1.45. The zero-order chi connectivity index (χ0) is 20.5. The first kappa shape index (κ1) is 21.3. The van der Waals surface area contributed by atoms with Crippen molar-refractivity contribution in [1.29, 1.82) is 0 Å². The second kappa shape index (κ2) is 11.0. The Morgan fingerprint density at radius 1 is 1.17 bits per heavy atom. The normalized spacial score (nSPS) is 20.3. The van der Waals surface area contributed by atoms with Crippen LogP contribution in [0.5, 0.6) is 0 Å². The number of carbonyl (C=O) groups excluding carboxylic acids is 1. The van der Waals surface area contributed by atoms with Crippen LogP contribution in [-0.4, -0.2) is 50.5 Å². The lowest BCUT2D eigenvalue weighted by Gasteiger charge is -2.39. The number of nitrogens with zero attached hydrogens (tertiary/aromatic N) is 2. The number of guanidine groups is 1. The molecule has 3 rings (SSSR count). The molecule has 1 fully saturated rings. The van der Waals surface area contributed by atoms with Crippen LogP contribution < -0.4 is 16.0 Å². The van der Waals surface area contributed by atoms with E-state index in [1.807, 2.05) is 41.7 Å². The number of rotatable bonds is 7. The molecule has 1 aromatic carbocycles. The van der Waals surface area contributed by atoms with Crippen molar-refractivity contribution in [2.24, 2.45) is 10.9 Å². The van der Waals surface area contributed by atoms with Gasteiger partial charge in [0.2, 0.25) is 5.91 Å². The molecule has 0 bridgehead atoms. The van der Waals surface area contributed by atoms with E-state index < -0.39 is 0 Å². The molecule has 2 unspecified atom stereocenters. The van der Waals surface area contributed by atoms with Crippen LogP contribution in [0.1, 0.15) is 29.3 Å². The molecule has 1 aliphatic rings. The van der Waals surface area contributed by atoms with Crippen LogP contribution in [0, 0.1) is 5.92 Å². The SMILES string of the molecule is CN=C(NCC(=O)NCc1ccccc1)NCC1CCCN(C)C1c1cccs1. The lowest BCUT2D eigenvalue weighted by molar-refractivity contribution is -0.120. The standard InChI is InChI=1S/C22H31N5OS/c1-23-22(26-16-20(28)24-14-17-8-4-3-5-9-17)25-15-18-10-6-12-27(2)21(18)19-11-7-13-29-19/h3-5,7-9,11,13,18,21H,6,10,12,14-16H2,1-2H3,(H,24,28)(H2,23,25,26). The molecule has 29 heavy (non-hydrogen) atoms. The lowest BCUT2D eigenvalue weighted by atomic mass is 9.88. The molecule has 7 heteroatoms. The monoisotopic (exact) mass is 413 g/mol. The van der Waals surface area contributed by atoms with Gasteiger partial charge in [-0.3, -0.25) is 14.7 Å². The Morgan fingerprint density at radius 2 is 2.00 bits per heavy atom. The molecule has 0 aliphatic carbocycles. The van der Waals surface area contributed by atoms with Crippen molar-refractivity contribution < 1.29 is 4.79 Å². The summed E-state index contributed by atoms with van der Waals surface area (Å²) in [5.74, 6) is 1.13. The van der Waals surface area contributed by atoms with Crippen molar-refractivity contribution >= 4 is 23.2 Å². The Kier molecular flexibility index (Phi) is 8.07. The number of piperidine rings is 1. The summed E-state index contributed by atoms with van der Waals surface area (Å²) < 4.78 is 0. The summed E-state index contributed by atoms with van der Waals surface area (Å²) >= 11 is 1.83. The Labute approximate surface area is 177 Å². The van der Waals surface area contributed by atoms with Gasteiger partial charge in [-0.1, -0.05) is 36.4 Å². The van der Waals surface area contributed by atoms with Crippen molar-refractivity contribution in [3.63, 3.8) is 0 Å². The predicted molar refractivity (Wildman–Crippen MR) is 120 cm³/mol. The van der Waals surface area contributed by atoms with Gasteiger partial charge in [0, 0.05) is 31.1 Å². The molecule has 2 aromatic rings. The van der Waals surface area contributed by atoms with Gasteiger partial charge in [-0.05, 0) is 49.4 Å². The lowest BCUT2D eigenvalue weighted by Crippen LogP contribution is -2.47. The summed E-state index contributed by atoms with van der Waals surface area (Å²) in [5, 5.41) is 11.6. The number of amides is 1. The minimum Gasteiger partial charge on any atom is -0.356 e.